The van der Waals surface area contributed by atoms with Gasteiger partial charge in [-0.15, -0.1) is 0 Å². The number of benzene rings is 3. The zero-order valence-corrected chi connectivity index (χ0v) is 33.9. The number of ether oxygens (including phenoxy) is 4. The Hall–Kier alpha value is -5.35. The SMILES string of the molecule is CCN(CC)c1ccc(NC(=O)c2cccc(CCCOCCOCCOCCOCCC(=O)NC)c2)c(-c2cc(C(=O)NCc3cccc(C(F)(F)F)c3)ccn2)c1. The smallest absolute Gasteiger partial charge is 0.379 e. The molecule has 0 aliphatic rings. The van der Waals surface area contributed by atoms with E-state index >= 15 is 0 Å². The molecule has 0 aliphatic carbocycles. The third-order valence-corrected chi connectivity index (χ3v) is 9.20. The van der Waals surface area contributed by atoms with Gasteiger partial charge in [-0.1, -0.05) is 24.3 Å². The van der Waals surface area contributed by atoms with Gasteiger partial charge in [-0.3, -0.25) is 19.4 Å². The molecule has 3 amide bonds. The lowest BCUT2D eigenvalue weighted by Gasteiger charge is -2.23. The average molecular weight is 822 g/mol. The number of pyridine rings is 1. The van der Waals surface area contributed by atoms with Crippen molar-refractivity contribution >= 4 is 29.1 Å². The second kappa shape index (κ2) is 24.5. The van der Waals surface area contributed by atoms with E-state index < -0.39 is 17.6 Å². The minimum absolute atomic E-state index is 0.0614. The zero-order chi connectivity index (χ0) is 42.5. The Balaban J connectivity index is 1.29. The van der Waals surface area contributed by atoms with Crippen LogP contribution in [0.4, 0.5) is 24.5 Å². The van der Waals surface area contributed by atoms with E-state index in [1.807, 2.05) is 50.2 Å². The van der Waals surface area contributed by atoms with Gasteiger partial charge in [-0.05, 0) is 92.4 Å². The van der Waals surface area contributed by atoms with Crippen LogP contribution in [0, 0.1) is 0 Å². The van der Waals surface area contributed by atoms with E-state index in [9.17, 15) is 27.6 Å². The number of nitrogens with zero attached hydrogens (tertiary/aromatic N) is 2. The van der Waals surface area contributed by atoms with Gasteiger partial charge in [-0.2, -0.15) is 13.2 Å². The molecule has 4 rings (SSSR count). The van der Waals surface area contributed by atoms with Crippen LogP contribution >= 0.6 is 0 Å². The summed E-state index contributed by atoms with van der Waals surface area (Å²) in [6.07, 6.45) is -1.23. The summed E-state index contributed by atoms with van der Waals surface area (Å²) in [5, 5.41) is 8.27. The molecular formula is C44H54F3N5O7. The summed E-state index contributed by atoms with van der Waals surface area (Å²) < 4.78 is 61.7. The van der Waals surface area contributed by atoms with Crippen molar-refractivity contribution in [3.63, 3.8) is 0 Å². The molecule has 3 N–H and O–H groups in total. The first-order valence-electron chi connectivity index (χ1n) is 19.7. The van der Waals surface area contributed by atoms with Crippen LogP contribution in [0.3, 0.4) is 0 Å². The summed E-state index contributed by atoms with van der Waals surface area (Å²) in [5.41, 5.74) is 3.68. The van der Waals surface area contributed by atoms with Crippen molar-refractivity contribution in [3.8, 4) is 11.3 Å². The number of halogens is 3. The first-order valence-corrected chi connectivity index (χ1v) is 19.7. The van der Waals surface area contributed by atoms with Gasteiger partial charge in [0.2, 0.25) is 5.91 Å². The second-order valence-corrected chi connectivity index (χ2v) is 13.3. The molecule has 0 atom stereocenters. The van der Waals surface area contributed by atoms with E-state index in [0.717, 1.165) is 42.9 Å². The predicted octanol–water partition coefficient (Wildman–Crippen LogP) is 6.93. The predicted molar refractivity (Wildman–Crippen MR) is 221 cm³/mol. The molecule has 0 saturated carbocycles. The minimum Gasteiger partial charge on any atom is -0.379 e. The Morgan fingerprint density at radius 2 is 1.36 bits per heavy atom. The standard InChI is InChI=1S/C44H54F3N5O7/c1-4-52(5-2)37-14-15-39(38(30-37)40-29-35(16-18-49-40)42(54)50-31-33-10-7-13-36(28-33)44(45,46)47)51-43(55)34-12-6-9-32(27-34)11-8-19-56-21-23-58-25-26-59-24-22-57-20-17-41(53)48-3/h6-7,9-10,12-16,18,27-30H,4-5,8,11,17,19-26,31H2,1-3H3,(H,48,53)(H,50,54)(H,51,55). The number of rotatable bonds is 25. The van der Waals surface area contributed by atoms with Crippen molar-refractivity contribution in [2.45, 2.75) is 45.8 Å². The molecule has 15 heteroatoms. The molecule has 0 radical (unpaired) electrons. The second-order valence-electron chi connectivity index (χ2n) is 13.3. The van der Waals surface area contributed by atoms with Gasteiger partial charge in [-0.25, -0.2) is 0 Å². The Bertz CT molecular complexity index is 1940. The molecule has 4 aromatic rings. The fourth-order valence-electron chi connectivity index (χ4n) is 5.99. The van der Waals surface area contributed by atoms with E-state index in [1.54, 1.807) is 19.2 Å². The maximum atomic E-state index is 13.7. The van der Waals surface area contributed by atoms with Crippen LogP contribution < -0.4 is 20.9 Å². The monoisotopic (exact) mass is 821 g/mol. The molecule has 3 aromatic carbocycles. The number of alkyl halides is 3. The van der Waals surface area contributed by atoms with Gasteiger partial charge < -0.3 is 39.8 Å². The quantitative estimate of drug-likeness (QED) is 0.0608. The van der Waals surface area contributed by atoms with Crippen molar-refractivity contribution in [3.05, 3.63) is 113 Å². The highest BCUT2D eigenvalue weighted by Gasteiger charge is 2.30. The lowest BCUT2D eigenvalue weighted by Crippen LogP contribution is -2.23. The fraction of sp³-hybridized carbons (Fsp3) is 0.409. The topological polar surface area (TPSA) is 140 Å². The number of aromatic nitrogens is 1. The van der Waals surface area contributed by atoms with Crippen molar-refractivity contribution in [1.29, 1.82) is 0 Å². The Morgan fingerprint density at radius 1 is 0.712 bits per heavy atom. The number of carbonyl (C=O) groups is 3. The summed E-state index contributed by atoms with van der Waals surface area (Å²) >= 11 is 0. The van der Waals surface area contributed by atoms with Crippen LogP contribution in [0.2, 0.25) is 0 Å². The van der Waals surface area contributed by atoms with E-state index in [4.69, 9.17) is 18.9 Å². The number of hydrogen-bond donors (Lipinski definition) is 3. The number of aryl methyl sites for hydroxylation is 1. The number of anilines is 2. The highest BCUT2D eigenvalue weighted by Crippen LogP contribution is 2.33. The summed E-state index contributed by atoms with van der Waals surface area (Å²) in [6.45, 7) is 8.96. The Morgan fingerprint density at radius 3 is 2.03 bits per heavy atom. The van der Waals surface area contributed by atoms with Crippen LogP contribution in [-0.4, -0.2) is 95.7 Å². The van der Waals surface area contributed by atoms with E-state index in [2.05, 4.69) is 25.8 Å². The molecule has 318 valence electrons. The van der Waals surface area contributed by atoms with Crippen LogP contribution in [-0.2, 0) is 42.9 Å². The molecule has 0 bridgehead atoms. The summed E-state index contributed by atoms with van der Waals surface area (Å²) in [6, 6.07) is 21.0. The van der Waals surface area contributed by atoms with Crippen molar-refractivity contribution < 1.29 is 46.5 Å². The first-order chi connectivity index (χ1) is 28.5. The maximum Gasteiger partial charge on any atom is 0.416 e. The van der Waals surface area contributed by atoms with Crippen LogP contribution in [0.5, 0.6) is 0 Å². The third kappa shape index (κ3) is 15.7. The minimum atomic E-state index is -4.49. The highest BCUT2D eigenvalue weighted by molar-refractivity contribution is 6.06. The Labute approximate surface area is 343 Å². The van der Waals surface area contributed by atoms with E-state index in [1.165, 1.54) is 24.4 Å². The molecule has 59 heavy (non-hydrogen) atoms. The van der Waals surface area contributed by atoms with Gasteiger partial charge in [0.05, 0.1) is 63.2 Å². The summed E-state index contributed by atoms with van der Waals surface area (Å²) in [4.78, 5) is 44.7. The van der Waals surface area contributed by atoms with Crippen LogP contribution in [0.15, 0.2) is 85.1 Å². The van der Waals surface area contributed by atoms with Crippen LogP contribution in [0.1, 0.15) is 64.1 Å². The van der Waals surface area contributed by atoms with E-state index in [0.29, 0.717) is 93.8 Å². The molecular weight excluding hydrogens is 768 g/mol. The molecule has 0 aliphatic heterocycles. The average Bonchev–Trinajstić information content (AvgIpc) is 3.24. The lowest BCUT2D eigenvalue weighted by atomic mass is 10.0. The molecule has 12 nitrogen and oxygen atoms in total. The van der Waals surface area contributed by atoms with Gasteiger partial charge >= 0.3 is 6.18 Å². The number of carbonyl (C=O) groups excluding carboxylic acids is 3. The largest absolute Gasteiger partial charge is 0.416 e. The Kier molecular flexibility index (Phi) is 19.3. The van der Waals surface area contributed by atoms with Crippen LogP contribution in [0.25, 0.3) is 11.3 Å². The molecule has 0 fully saturated rings. The van der Waals surface area contributed by atoms with Gasteiger partial charge in [0.15, 0.2) is 0 Å². The van der Waals surface area contributed by atoms with Crippen molar-refractivity contribution in [1.82, 2.24) is 15.6 Å². The van der Waals surface area contributed by atoms with Crippen molar-refractivity contribution in [2.24, 2.45) is 0 Å². The number of hydrogen-bond acceptors (Lipinski definition) is 9. The molecule has 1 heterocycles. The zero-order valence-electron chi connectivity index (χ0n) is 33.9. The fourth-order valence-corrected chi connectivity index (χ4v) is 5.99. The van der Waals surface area contributed by atoms with Crippen molar-refractivity contribution in [2.75, 3.05) is 83.2 Å². The summed E-state index contributed by atoms with van der Waals surface area (Å²) in [5.74, 6) is -0.859. The molecule has 1 aromatic heterocycles. The van der Waals surface area contributed by atoms with Gasteiger partial charge in [0, 0.05) is 68.3 Å². The highest BCUT2D eigenvalue weighted by atomic mass is 19.4. The van der Waals surface area contributed by atoms with Gasteiger partial charge in [0.25, 0.3) is 11.8 Å². The molecule has 0 spiro atoms. The van der Waals surface area contributed by atoms with Gasteiger partial charge in [0.1, 0.15) is 0 Å². The number of nitrogens with one attached hydrogen (secondary N) is 3. The third-order valence-electron chi connectivity index (χ3n) is 9.20. The molecule has 0 saturated heterocycles. The molecule has 0 unspecified atom stereocenters. The van der Waals surface area contributed by atoms with E-state index in [-0.39, 0.29) is 23.9 Å². The first kappa shape index (κ1) is 46.3. The summed E-state index contributed by atoms with van der Waals surface area (Å²) in [7, 11) is 1.59. The normalized spacial score (nSPS) is 11.3. The lowest BCUT2D eigenvalue weighted by molar-refractivity contribution is -0.137. The number of amides is 3. The maximum absolute atomic E-state index is 13.7.